The summed E-state index contributed by atoms with van der Waals surface area (Å²) in [5, 5.41) is 0. The van der Waals surface area contributed by atoms with Gasteiger partial charge in [0.2, 0.25) is 0 Å². The lowest BCUT2D eigenvalue weighted by atomic mass is 9.85. The summed E-state index contributed by atoms with van der Waals surface area (Å²) >= 11 is 0. The van der Waals surface area contributed by atoms with Gasteiger partial charge in [-0.1, -0.05) is 42.5 Å². The van der Waals surface area contributed by atoms with Gasteiger partial charge in [-0.2, -0.15) is 0 Å². The summed E-state index contributed by atoms with van der Waals surface area (Å²) in [6.45, 7) is 1.79. The topological polar surface area (TPSA) is 35.2 Å². The van der Waals surface area contributed by atoms with E-state index in [-0.39, 0.29) is 5.75 Å². The van der Waals surface area contributed by atoms with E-state index in [0.717, 1.165) is 5.56 Å². The smallest absolute Gasteiger partial charge is 0.170 e. The summed E-state index contributed by atoms with van der Waals surface area (Å²) in [5.41, 5.74) is 6.68. The minimum absolute atomic E-state index is 0.208. The Hall–Kier alpha value is -1.87. The summed E-state index contributed by atoms with van der Waals surface area (Å²) in [5.74, 6) is -0.200. The molecule has 2 aromatic rings. The second kappa shape index (κ2) is 4.78. The number of halogens is 1. The summed E-state index contributed by atoms with van der Waals surface area (Å²) in [6, 6.07) is 14.5. The van der Waals surface area contributed by atoms with Crippen molar-refractivity contribution < 1.29 is 9.13 Å². The second-order valence-corrected chi connectivity index (χ2v) is 4.39. The molecule has 2 aromatic carbocycles. The van der Waals surface area contributed by atoms with Crippen LogP contribution in [-0.4, -0.2) is 7.11 Å². The summed E-state index contributed by atoms with van der Waals surface area (Å²) in [7, 11) is 1.44. The zero-order valence-corrected chi connectivity index (χ0v) is 10.5. The molecular weight excluding hydrogens is 229 g/mol. The minimum Gasteiger partial charge on any atom is -0.494 e. The van der Waals surface area contributed by atoms with Crippen molar-refractivity contribution in [3.8, 4) is 5.75 Å². The van der Waals surface area contributed by atoms with E-state index >= 15 is 0 Å². The Morgan fingerprint density at radius 1 is 1.06 bits per heavy atom. The van der Waals surface area contributed by atoms with E-state index in [9.17, 15) is 4.39 Å². The van der Waals surface area contributed by atoms with Gasteiger partial charge in [-0.15, -0.1) is 0 Å². The lowest BCUT2D eigenvalue weighted by Crippen LogP contribution is -2.35. The van der Waals surface area contributed by atoms with E-state index in [2.05, 4.69) is 0 Å². The van der Waals surface area contributed by atoms with Gasteiger partial charge in [-0.05, 0) is 18.6 Å². The van der Waals surface area contributed by atoms with Crippen LogP contribution < -0.4 is 10.5 Å². The second-order valence-electron chi connectivity index (χ2n) is 4.39. The first-order chi connectivity index (χ1) is 8.57. The summed E-state index contributed by atoms with van der Waals surface area (Å²) < 4.78 is 19.2. The maximum atomic E-state index is 14.2. The molecule has 0 saturated carbocycles. The van der Waals surface area contributed by atoms with Crippen molar-refractivity contribution in [2.24, 2.45) is 5.73 Å². The highest BCUT2D eigenvalue weighted by Crippen LogP contribution is 2.32. The molecule has 2 N–H and O–H groups in total. The van der Waals surface area contributed by atoms with Crippen molar-refractivity contribution in [2.45, 2.75) is 12.5 Å². The SMILES string of the molecule is COc1cccc(C(C)(N)c2ccccc2)c1F. The average molecular weight is 245 g/mol. The predicted octanol–water partition coefficient (Wildman–Crippen LogP) is 3.06. The molecular formula is C15H16FNO. The maximum absolute atomic E-state index is 14.2. The van der Waals surface area contributed by atoms with E-state index in [4.69, 9.17) is 10.5 Å². The number of ether oxygens (including phenoxy) is 1. The van der Waals surface area contributed by atoms with Crippen molar-refractivity contribution in [1.29, 1.82) is 0 Å². The highest BCUT2D eigenvalue weighted by atomic mass is 19.1. The Bertz CT molecular complexity index is 537. The first-order valence-corrected chi connectivity index (χ1v) is 5.74. The van der Waals surface area contributed by atoms with Crippen LogP contribution in [-0.2, 0) is 5.54 Å². The van der Waals surface area contributed by atoms with Gasteiger partial charge in [-0.25, -0.2) is 4.39 Å². The maximum Gasteiger partial charge on any atom is 0.170 e. The van der Waals surface area contributed by atoms with Gasteiger partial charge in [-0.3, -0.25) is 0 Å². The quantitative estimate of drug-likeness (QED) is 0.902. The molecule has 0 aliphatic carbocycles. The van der Waals surface area contributed by atoms with E-state index in [1.54, 1.807) is 25.1 Å². The normalized spacial score (nSPS) is 14.0. The fraction of sp³-hybridized carbons (Fsp3) is 0.200. The van der Waals surface area contributed by atoms with Crippen molar-refractivity contribution in [3.63, 3.8) is 0 Å². The molecule has 0 aliphatic heterocycles. The molecule has 0 amide bonds. The van der Waals surface area contributed by atoms with Gasteiger partial charge < -0.3 is 10.5 Å². The standard InChI is InChI=1S/C15H16FNO/c1-15(17,11-7-4-3-5-8-11)12-9-6-10-13(18-2)14(12)16/h3-10H,17H2,1-2H3. The highest BCUT2D eigenvalue weighted by molar-refractivity contribution is 5.42. The van der Waals surface area contributed by atoms with Gasteiger partial charge >= 0.3 is 0 Å². The van der Waals surface area contributed by atoms with E-state index in [0.29, 0.717) is 5.56 Å². The number of methoxy groups -OCH3 is 1. The number of hydrogen-bond acceptors (Lipinski definition) is 2. The molecule has 1 unspecified atom stereocenters. The van der Waals surface area contributed by atoms with Crippen molar-refractivity contribution >= 4 is 0 Å². The van der Waals surface area contributed by atoms with Crippen molar-refractivity contribution in [1.82, 2.24) is 0 Å². The molecule has 0 fully saturated rings. The number of rotatable bonds is 3. The van der Waals surface area contributed by atoms with Crippen LogP contribution in [0.1, 0.15) is 18.1 Å². The largest absolute Gasteiger partial charge is 0.494 e. The number of hydrogen-bond donors (Lipinski definition) is 1. The molecule has 2 nitrogen and oxygen atoms in total. The van der Waals surface area contributed by atoms with Gasteiger partial charge in [0.05, 0.1) is 12.6 Å². The van der Waals surface area contributed by atoms with Crippen LogP contribution in [0.2, 0.25) is 0 Å². The van der Waals surface area contributed by atoms with Gasteiger partial charge in [0.15, 0.2) is 11.6 Å². The molecule has 18 heavy (non-hydrogen) atoms. The molecule has 0 aliphatic rings. The van der Waals surface area contributed by atoms with Crippen LogP contribution >= 0.6 is 0 Å². The number of nitrogens with two attached hydrogens (primary N) is 1. The van der Waals surface area contributed by atoms with Crippen LogP contribution in [0.4, 0.5) is 4.39 Å². The Balaban J connectivity index is 2.54. The van der Waals surface area contributed by atoms with Crippen LogP contribution in [0, 0.1) is 5.82 Å². The third-order valence-corrected chi connectivity index (χ3v) is 3.12. The van der Waals surface area contributed by atoms with Crippen LogP contribution in [0.3, 0.4) is 0 Å². The molecule has 0 bridgehead atoms. The Labute approximate surface area is 106 Å². The van der Waals surface area contributed by atoms with Crippen LogP contribution in [0.25, 0.3) is 0 Å². The fourth-order valence-corrected chi connectivity index (χ4v) is 2.01. The minimum atomic E-state index is -0.889. The van der Waals surface area contributed by atoms with Crippen molar-refractivity contribution in [3.05, 3.63) is 65.5 Å². The van der Waals surface area contributed by atoms with Gasteiger partial charge in [0, 0.05) is 5.56 Å². The Morgan fingerprint density at radius 2 is 1.72 bits per heavy atom. The molecule has 0 saturated heterocycles. The molecule has 0 radical (unpaired) electrons. The molecule has 1 atom stereocenters. The summed E-state index contributed by atoms with van der Waals surface area (Å²) in [6.07, 6.45) is 0. The molecule has 2 rings (SSSR count). The van der Waals surface area contributed by atoms with Crippen LogP contribution in [0.5, 0.6) is 5.75 Å². The average Bonchev–Trinajstić information content (AvgIpc) is 2.40. The zero-order chi connectivity index (χ0) is 13.2. The third-order valence-electron chi connectivity index (χ3n) is 3.12. The monoisotopic (exact) mass is 245 g/mol. The van der Waals surface area contributed by atoms with Gasteiger partial charge in [0.1, 0.15) is 0 Å². The Morgan fingerprint density at radius 3 is 2.33 bits per heavy atom. The fourth-order valence-electron chi connectivity index (χ4n) is 2.01. The first-order valence-electron chi connectivity index (χ1n) is 5.74. The molecule has 0 spiro atoms. The van der Waals surface area contributed by atoms with E-state index < -0.39 is 11.4 Å². The summed E-state index contributed by atoms with van der Waals surface area (Å²) in [4.78, 5) is 0. The zero-order valence-electron chi connectivity index (χ0n) is 10.5. The molecule has 0 heterocycles. The van der Waals surface area contributed by atoms with E-state index in [1.807, 2.05) is 30.3 Å². The lowest BCUT2D eigenvalue weighted by Gasteiger charge is -2.26. The molecule has 3 heteroatoms. The molecule has 0 aromatic heterocycles. The van der Waals surface area contributed by atoms with Crippen LogP contribution in [0.15, 0.2) is 48.5 Å². The molecule has 94 valence electrons. The van der Waals surface area contributed by atoms with E-state index in [1.165, 1.54) is 7.11 Å². The Kier molecular flexibility index (Phi) is 3.34. The lowest BCUT2D eigenvalue weighted by molar-refractivity contribution is 0.379. The predicted molar refractivity (Wildman–Crippen MR) is 70.0 cm³/mol. The first kappa shape index (κ1) is 12.6. The number of benzene rings is 2. The third kappa shape index (κ3) is 2.09. The highest BCUT2D eigenvalue weighted by Gasteiger charge is 2.28. The van der Waals surface area contributed by atoms with Crippen molar-refractivity contribution in [2.75, 3.05) is 7.11 Å². The van der Waals surface area contributed by atoms with Gasteiger partial charge in [0.25, 0.3) is 0 Å².